The molecule has 2 heterocycles. The lowest BCUT2D eigenvalue weighted by Crippen LogP contribution is -2.04. The van der Waals surface area contributed by atoms with Crippen molar-refractivity contribution in [3.8, 4) is 10.4 Å². The van der Waals surface area contributed by atoms with Crippen LogP contribution in [0.1, 0.15) is 0 Å². The van der Waals surface area contributed by atoms with Gasteiger partial charge in [0.2, 0.25) is 0 Å². The molecule has 0 spiro atoms. The number of H-pyrrole nitrogens is 1. The van der Waals surface area contributed by atoms with Crippen LogP contribution in [0.25, 0.3) is 31.4 Å². The molecule has 2 aromatic carbocycles. The number of hydrogen-bond donors (Lipinski definition) is 1. The van der Waals surface area contributed by atoms with E-state index >= 15 is 0 Å². The number of thiophene rings is 1. The van der Waals surface area contributed by atoms with Crippen LogP contribution in [-0.2, 0) is 0 Å². The molecule has 0 bridgehead atoms. The Morgan fingerprint density at radius 2 is 1.60 bits per heavy atom. The van der Waals surface area contributed by atoms with Crippen molar-refractivity contribution in [3.05, 3.63) is 71.0 Å². The van der Waals surface area contributed by atoms with Crippen LogP contribution >= 0.6 is 11.3 Å². The molecule has 4 rings (SSSR count). The predicted octanol–water partition coefficient (Wildman–Crippen LogP) is 4.41. The quantitative estimate of drug-likeness (QED) is 0.549. The normalized spacial score (nSPS) is 11.2. The number of aromatic amines is 1. The highest BCUT2D eigenvalue weighted by molar-refractivity contribution is 7.23. The van der Waals surface area contributed by atoms with E-state index in [0.717, 1.165) is 31.4 Å². The van der Waals surface area contributed by atoms with E-state index in [-0.39, 0.29) is 5.56 Å². The van der Waals surface area contributed by atoms with Gasteiger partial charge >= 0.3 is 0 Å². The first-order valence-electron chi connectivity index (χ1n) is 6.43. The SMILES string of the molecule is O=c1[nH]c2ccccc2c2sc(-c3ccccc3)cc12. The Balaban J connectivity index is 2.11. The Morgan fingerprint density at radius 3 is 2.45 bits per heavy atom. The lowest BCUT2D eigenvalue weighted by molar-refractivity contribution is 1.35. The Bertz CT molecular complexity index is 967. The smallest absolute Gasteiger partial charge is 0.257 e. The average Bonchev–Trinajstić information content (AvgIpc) is 2.94. The van der Waals surface area contributed by atoms with Crippen LogP contribution in [0.5, 0.6) is 0 Å². The van der Waals surface area contributed by atoms with Crippen molar-refractivity contribution in [1.29, 1.82) is 0 Å². The molecule has 0 aliphatic heterocycles. The third-order valence-corrected chi connectivity index (χ3v) is 4.67. The molecule has 0 aliphatic rings. The number of nitrogens with one attached hydrogen (secondary N) is 1. The number of hydrogen-bond acceptors (Lipinski definition) is 2. The molecule has 1 N–H and O–H groups in total. The van der Waals surface area contributed by atoms with Crippen LogP contribution in [0.3, 0.4) is 0 Å². The van der Waals surface area contributed by atoms with Gasteiger partial charge in [-0.05, 0) is 17.7 Å². The molecule has 0 amide bonds. The molecule has 0 saturated carbocycles. The fourth-order valence-electron chi connectivity index (χ4n) is 2.48. The summed E-state index contributed by atoms with van der Waals surface area (Å²) < 4.78 is 1.06. The maximum atomic E-state index is 12.2. The van der Waals surface area contributed by atoms with Gasteiger partial charge < -0.3 is 4.98 Å². The lowest BCUT2D eigenvalue weighted by Gasteiger charge is -1.97. The van der Waals surface area contributed by atoms with Gasteiger partial charge in [-0.3, -0.25) is 4.79 Å². The average molecular weight is 277 g/mol. The van der Waals surface area contributed by atoms with Crippen molar-refractivity contribution in [2.75, 3.05) is 0 Å². The second kappa shape index (κ2) is 4.32. The molecular weight excluding hydrogens is 266 g/mol. The molecule has 0 aliphatic carbocycles. The number of pyridine rings is 1. The van der Waals surface area contributed by atoms with Crippen molar-refractivity contribution >= 4 is 32.3 Å². The van der Waals surface area contributed by atoms with E-state index in [1.807, 2.05) is 42.5 Å². The maximum absolute atomic E-state index is 12.2. The fraction of sp³-hybridized carbons (Fsp3) is 0. The van der Waals surface area contributed by atoms with Gasteiger partial charge in [0.05, 0.1) is 5.39 Å². The number of aromatic nitrogens is 1. The highest BCUT2D eigenvalue weighted by Crippen LogP contribution is 2.35. The largest absolute Gasteiger partial charge is 0.321 e. The molecular formula is C17H11NOS. The van der Waals surface area contributed by atoms with Gasteiger partial charge in [0.15, 0.2) is 0 Å². The van der Waals surface area contributed by atoms with Crippen LogP contribution < -0.4 is 5.56 Å². The minimum Gasteiger partial charge on any atom is -0.321 e. The Hall–Kier alpha value is -2.39. The van der Waals surface area contributed by atoms with Crippen molar-refractivity contribution < 1.29 is 0 Å². The minimum atomic E-state index is -0.0165. The first kappa shape index (κ1) is 11.4. The van der Waals surface area contributed by atoms with Crippen LogP contribution in [0.4, 0.5) is 0 Å². The van der Waals surface area contributed by atoms with Crippen molar-refractivity contribution in [1.82, 2.24) is 4.98 Å². The molecule has 4 aromatic rings. The van der Waals surface area contributed by atoms with Gasteiger partial charge in [0.25, 0.3) is 5.56 Å². The minimum absolute atomic E-state index is 0.0165. The van der Waals surface area contributed by atoms with Crippen LogP contribution in [0.15, 0.2) is 65.5 Å². The summed E-state index contributed by atoms with van der Waals surface area (Å²) in [5, 5.41) is 1.88. The third kappa shape index (κ3) is 1.67. The monoisotopic (exact) mass is 277 g/mol. The standard InChI is InChI=1S/C17H11NOS/c19-17-13-10-15(11-6-2-1-3-7-11)20-16(13)12-8-4-5-9-14(12)18-17/h1-10H,(H,18,19). The highest BCUT2D eigenvalue weighted by Gasteiger charge is 2.10. The van der Waals surface area contributed by atoms with E-state index < -0.39 is 0 Å². The number of fused-ring (bicyclic) bond motifs is 3. The summed E-state index contributed by atoms with van der Waals surface area (Å²) in [6, 6.07) is 20.1. The molecule has 0 radical (unpaired) electrons. The number of benzene rings is 2. The molecule has 0 atom stereocenters. The summed E-state index contributed by atoms with van der Waals surface area (Å²) >= 11 is 1.67. The number of rotatable bonds is 1. The van der Waals surface area contributed by atoms with Gasteiger partial charge in [0.1, 0.15) is 0 Å². The van der Waals surface area contributed by atoms with E-state index in [2.05, 4.69) is 23.2 Å². The third-order valence-electron chi connectivity index (χ3n) is 3.45. The zero-order valence-electron chi connectivity index (χ0n) is 10.6. The summed E-state index contributed by atoms with van der Waals surface area (Å²) in [4.78, 5) is 16.3. The topological polar surface area (TPSA) is 32.9 Å². The maximum Gasteiger partial charge on any atom is 0.257 e. The summed E-state index contributed by atoms with van der Waals surface area (Å²) in [6.07, 6.45) is 0. The molecule has 0 fully saturated rings. The molecule has 20 heavy (non-hydrogen) atoms. The van der Waals surface area contributed by atoms with Crippen molar-refractivity contribution in [3.63, 3.8) is 0 Å². The molecule has 3 heteroatoms. The van der Waals surface area contributed by atoms with E-state index in [9.17, 15) is 4.79 Å². The lowest BCUT2D eigenvalue weighted by atomic mass is 10.1. The zero-order valence-corrected chi connectivity index (χ0v) is 11.4. The summed E-state index contributed by atoms with van der Waals surface area (Å²) in [6.45, 7) is 0. The summed E-state index contributed by atoms with van der Waals surface area (Å²) in [7, 11) is 0. The van der Waals surface area contributed by atoms with Gasteiger partial charge in [-0.2, -0.15) is 0 Å². The van der Waals surface area contributed by atoms with Crippen molar-refractivity contribution in [2.24, 2.45) is 0 Å². The van der Waals surface area contributed by atoms with E-state index in [1.54, 1.807) is 11.3 Å². The van der Waals surface area contributed by atoms with Gasteiger partial charge in [-0.25, -0.2) is 0 Å². The Morgan fingerprint density at radius 1 is 0.850 bits per heavy atom. The molecule has 2 aromatic heterocycles. The van der Waals surface area contributed by atoms with Crippen LogP contribution in [0, 0.1) is 0 Å². The van der Waals surface area contributed by atoms with Crippen LogP contribution in [-0.4, -0.2) is 4.98 Å². The highest BCUT2D eigenvalue weighted by atomic mass is 32.1. The second-order valence-electron chi connectivity index (χ2n) is 4.72. The van der Waals surface area contributed by atoms with Crippen LogP contribution in [0.2, 0.25) is 0 Å². The summed E-state index contributed by atoms with van der Waals surface area (Å²) in [5.41, 5.74) is 2.03. The van der Waals surface area contributed by atoms with E-state index in [4.69, 9.17) is 0 Å². The van der Waals surface area contributed by atoms with E-state index in [0.29, 0.717) is 0 Å². The fourth-order valence-corrected chi connectivity index (χ4v) is 3.68. The Kier molecular flexibility index (Phi) is 2.47. The molecule has 2 nitrogen and oxygen atoms in total. The Labute approximate surface area is 119 Å². The summed E-state index contributed by atoms with van der Waals surface area (Å²) in [5.74, 6) is 0. The first-order valence-corrected chi connectivity index (χ1v) is 7.24. The molecule has 0 saturated heterocycles. The first-order chi connectivity index (χ1) is 9.83. The molecule has 0 unspecified atom stereocenters. The second-order valence-corrected chi connectivity index (χ2v) is 5.77. The van der Waals surface area contributed by atoms with E-state index in [1.165, 1.54) is 0 Å². The number of para-hydroxylation sites is 1. The van der Waals surface area contributed by atoms with Gasteiger partial charge in [-0.1, -0.05) is 48.5 Å². The van der Waals surface area contributed by atoms with Gasteiger partial charge in [-0.15, -0.1) is 11.3 Å². The molecule has 96 valence electrons. The zero-order chi connectivity index (χ0) is 13.5. The van der Waals surface area contributed by atoms with Crippen molar-refractivity contribution in [2.45, 2.75) is 0 Å². The van der Waals surface area contributed by atoms with Gasteiger partial charge in [0, 0.05) is 20.5 Å². The predicted molar refractivity (Wildman–Crippen MR) is 85.4 cm³/mol.